The Morgan fingerprint density at radius 1 is 1.24 bits per heavy atom. The van der Waals surface area contributed by atoms with Gasteiger partial charge in [-0.25, -0.2) is 0 Å². The maximum absolute atomic E-state index is 12.8. The molecular weight excluding hydrogens is 299 g/mol. The van der Waals surface area contributed by atoms with E-state index in [1.165, 1.54) is 12.5 Å². The predicted octanol–water partition coefficient (Wildman–Crippen LogP) is 5.37. The molecule has 21 heavy (non-hydrogen) atoms. The largest absolute Gasteiger partial charge is 0.416 e. The van der Waals surface area contributed by atoms with Crippen LogP contribution in [0, 0.1) is 17.8 Å². The third kappa shape index (κ3) is 2.91. The average Bonchev–Trinajstić information content (AvgIpc) is 3.02. The zero-order valence-electron chi connectivity index (χ0n) is 11.6. The van der Waals surface area contributed by atoms with Crippen molar-refractivity contribution >= 4 is 17.3 Å². The molecule has 2 aliphatic carbocycles. The van der Waals surface area contributed by atoms with Gasteiger partial charge in [0.15, 0.2) is 0 Å². The van der Waals surface area contributed by atoms with E-state index in [9.17, 15) is 13.2 Å². The van der Waals surface area contributed by atoms with Gasteiger partial charge >= 0.3 is 6.18 Å². The summed E-state index contributed by atoms with van der Waals surface area (Å²) < 4.78 is 38.3. The van der Waals surface area contributed by atoms with Gasteiger partial charge in [0.25, 0.3) is 0 Å². The zero-order valence-corrected chi connectivity index (χ0v) is 12.4. The summed E-state index contributed by atoms with van der Waals surface area (Å²) in [6, 6.07) is 3.52. The van der Waals surface area contributed by atoms with Crippen molar-refractivity contribution in [2.24, 2.45) is 17.8 Å². The summed E-state index contributed by atoms with van der Waals surface area (Å²) in [6.45, 7) is 2.02. The van der Waals surface area contributed by atoms with E-state index in [1.807, 2.05) is 6.92 Å². The fraction of sp³-hybridized carbons (Fsp3) is 0.500. The molecule has 3 rings (SSSR count). The van der Waals surface area contributed by atoms with Crippen molar-refractivity contribution in [2.45, 2.75) is 32.0 Å². The van der Waals surface area contributed by atoms with Crippen LogP contribution in [0.4, 0.5) is 18.9 Å². The molecule has 1 fully saturated rings. The van der Waals surface area contributed by atoms with E-state index >= 15 is 0 Å². The molecule has 1 aromatic carbocycles. The van der Waals surface area contributed by atoms with Gasteiger partial charge < -0.3 is 5.32 Å². The lowest BCUT2D eigenvalue weighted by Crippen LogP contribution is -2.29. The van der Waals surface area contributed by atoms with Crippen LogP contribution in [-0.4, -0.2) is 6.04 Å². The molecule has 1 saturated carbocycles. The Labute approximate surface area is 127 Å². The Hall–Kier alpha value is -1.16. The highest BCUT2D eigenvalue weighted by molar-refractivity contribution is 6.33. The van der Waals surface area contributed by atoms with E-state index in [-0.39, 0.29) is 6.04 Å². The second-order valence-electron chi connectivity index (χ2n) is 6.07. The second kappa shape index (κ2) is 5.24. The van der Waals surface area contributed by atoms with Gasteiger partial charge in [-0.15, -0.1) is 0 Å². The maximum atomic E-state index is 12.8. The highest BCUT2D eigenvalue weighted by Crippen LogP contribution is 2.45. The smallest absolute Gasteiger partial charge is 0.381 e. The number of rotatable bonds is 3. The van der Waals surface area contributed by atoms with Crippen molar-refractivity contribution in [3.05, 3.63) is 40.9 Å². The van der Waals surface area contributed by atoms with Crippen molar-refractivity contribution < 1.29 is 13.2 Å². The molecule has 0 spiro atoms. The van der Waals surface area contributed by atoms with Crippen LogP contribution in [-0.2, 0) is 6.18 Å². The monoisotopic (exact) mass is 315 g/mol. The van der Waals surface area contributed by atoms with Gasteiger partial charge in [0.1, 0.15) is 0 Å². The number of allylic oxidation sites excluding steroid dienone is 2. The van der Waals surface area contributed by atoms with Gasteiger partial charge in [0.05, 0.1) is 16.3 Å². The molecule has 1 nitrogen and oxygen atoms in total. The van der Waals surface area contributed by atoms with Crippen LogP contribution >= 0.6 is 11.6 Å². The number of benzene rings is 1. The Kier molecular flexibility index (Phi) is 3.68. The van der Waals surface area contributed by atoms with Gasteiger partial charge in [-0.1, -0.05) is 23.8 Å². The summed E-state index contributed by atoms with van der Waals surface area (Å²) >= 11 is 6.03. The predicted molar refractivity (Wildman–Crippen MR) is 78.4 cm³/mol. The van der Waals surface area contributed by atoms with Crippen molar-refractivity contribution in [1.82, 2.24) is 0 Å². The summed E-state index contributed by atoms with van der Waals surface area (Å²) in [5.74, 6) is 1.65. The fourth-order valence-electron chi connectivity index (χ4n) is 3.56. The summed E-state index contributed by atoms with van der Waals surface area (Å²) in [5, 5.41) is 3.51. The quantitative estimate of drug-likeness (QED) is 0.739. The molecule has 0 heterocycles. The summed E-state index contributed by atoms with van der Waals surface area (Å²) in [7, 11) is 0. The van der Waals surface area contributed by atoms with Crippen molar-refractivity contribution in [1.29, 1.82) is 0 Å². The van der Waals surface area contributed by atoms with E-state index in [1.54, 1.807) is 0 Å². The number of alkyl halides is 3. The van der Waals surface area contributed by atoms with Crippen LogP contribution in [0.3, 0.4) is 0 Å². The van der Waals surface area contributed by atoms with E-state index in [4.69, 9.17) is 11.6 Å². The number of anilines is 1. The number of hydrogen-bond donors (Lipinski definition) is 1. The molecule has 114 valence electrons. The molecule has 1 aromatic rings. The van der Waals surface area contributed by atoms with Gasteiger partial charge in [0, 0.05) is 6.04 Å². The summed E-state index contributed by atoms with van der Waals surface area (Å²) in [4.78, 5) is 0. The topological polar surface area (TPSA) is 12.0 Å². The molecule has 4 atom stereocenters. The molecule has 2 aliphatic rings. The van der Waals surface area contributed by atoms with E-state index in [0.29, 0.717) is 28.5 Å². The van der Waals surface area contributed by atoms with Gasteiger partial charge in [-0.2, -0.15) is 13.2 Å². The molecule has 4 unspecified atom stereocenters. The van der Waals surface area contributed by atoms with Crippen LogP contribution in [0.5, 0.6) is 0 Å². The van der Waals surface area contributed by atoms with E-state index in [2.05, 4.69) is 17.5 Å². The number of nitrogens with one attached hydrogen (secondary N) is 1. The molecule has 2 bridgehead atoms. The zero-order chi connectivity index (χ0) is 15.2. The highest BCUT2D eigenvalue weighted by Gasteiger charge is 2.38. The minimum atomic E-state index is -4.35. The average molecular weight is 316 g/mol. The normalized spacial score (nSPS) is 28.9. The first-order valence-corrected chi connectivity index (χ1v) is 7.54. The van der Waals surface area contributed by atoms with Gasteiger partial charge in [-0.3, -0.25) is 0 Å². The Morgan fingerprint density at radius 3 is 2.57 bits per heavy atom. The van der Waals surface area contributed by atoms with Gasteiger partial charge in [0.2, 0.25) is 0 Å². The molecule has 1 N–H and O–H groups in total. The van der Waals surface area contributed by atoms with Crippen molar-refractivity contribution in [3.63, 3.8) is 0 Å². The fourth-order valence-corrected chi connectivity index (χ4v) is 3.73. The first kappa shape index (κ1) is 14.8. The lowest BCUT2D eigenvalue weighted by molar-refractivity contribution is -0.137. The standard InChI is InChI=1S/C16H17ClF3N/c1-9(13-7-10-2-3-11(13)6-10)21-15-8-12(16(18,19)20)4-5-14(15)17/h2-5,8-11,13,21H,6-7H2,1H3. The van der Waals surface area contributed by atoms with Crippen molar-refractivity contribution in [2.75, 3.05) is 5.32 Å². The maximum Gasteiger partial charge on any atom is 0.416 e. The van der Waals surface area contributed by atoms with Crippen LogP contribution < -0.4 is 5.32 Å². The SMILES string of the molecule is CC(Nc1cc(C(F)(F)F)ccc1Cl)C1CC2C=CC1C2. The minimum Gasteiger partial charge on any atom is -0.381 e. The number of fused-ring (bicyclic) bond motifs is 2. The Bertz CT molecular complexity index is 567. The minimum absolute atomic E-state index is 0.103. The van der Waals surface area contributed by atoms with Crippen LogP contribution in [0.25, 0.3) is 0 Å². The first-order chi connectivity index (χ1) is 9.84. The molecule has 0 amide bonds. The lowest BCUT2D eigenvalue weighted by Gasteiger charge is -2.27. The molecular formula is C16H17ClF3N. The molecule has 0 aromatic heterocycles. The van der Waals surface area contributed by atoms with E-state index in [0.717, 1.165) is 18.6 Å². The Balaban J connectivity index is 1.76. The summed E-state index contributed by atoms with van der Waals surface area (Å²) in [5.41, 5.74) is -0.305. The van der Waals surface area contributed by atoms with Crippen LogP contribution in [0.2, 0.25) is 5.02 Å². The van der Waals surface area contributed by atoms with Crippen LogP contribution in [0.15, 0.2) is 30.4 Å². The summed E-state index contributed by atoms with van der Waals surface area (Å²) in [6.07, 6.45) is 2.42. The molecule has 0 saturated heterocycles. The molecule has 5 heteroatoms. The van der Waals surface area contributed by atoms with Gasteiger partial charge in [-0.05, 0) is 55.7 Å². The van der Waals surface area contributed by atoms with E-state index < -0.39 is 11.7 Å². The third-order valence-electron chi connectivity index (χ3n) is 4.65. The van der Waals surface area contributed by atoms with Crippen molar-refractivity contribution in [3.8, 4) is 0 Å². The first-order valence-electron chi connectivity index (χ1n) is 7.16. The Morgan fingerprint density at radius 2 is 2.00 bits per heavy atom. The molecule has 0 aliphatic heterocycles. The van der Waals surface area contributed by atoms with Crippen LogP contribution in [0.1, 0.15) is 25.3 Å². The third-order valence-corrected chi connectivity index (χ3v) is 4.98. The number of hydrogen-bond acceptors (Lipinski definition) is 1. The number of halogens is 4. The molecule has 0 radical (unpaired) electrons. The highest BCUT2D eigenvalue weighted by atomic mass is 35.5. The second-order valence-corrected chi connectivity index (χ2v) is 6.48. The lowest BCUT2D eigenvalue weighted by atomic mass is 9.87.